The largest absolute Gasteiger partial charge is 0.379 e. The molecule has 0 radical (unpaired) electrons. The lowest BCUT2D eigenvalue weighted by atomic mass is 10.1. The van der Waals surface area contributed by atoms with Crippen molar-refractivity contribution in [3.05, 3.63) is 23.9 Å². The number of ether oxygens (including phenoxy) is 1. The molecular weight excluding hydrogens is 292 g/mol. The highest BCUT2D eigenvalue weighted by molar-refractivity contribution is 5.92. The summed E-state index contributed by atoms with van der Waals surface area (Å²) in [5, 5.41) is 2.97. The minimum absolute atomic E-state index is 0.0860. The third-order valence-electron chi connectivity index (χ3n) is 4.46. The van der Waals surface area contributed by atoms with E-state index >= 15 is 0 Å². The molecule has 0 bridgehead atoms. The number of piperidine rings is 1. The number of anilines is 1. The first-order valence-corrected chi connectivity index (χ1v) is 8.63. The van der Waals surface area contributed by atoms with Crippen LogP contribution in [0, 0.1) is 0 Å². The summed E-state index contributed by atoms with van der Waals surface area (Å²) in [4.78, 5) is 21.4. The summed E-state index contributed by atoms with van der Waals surface area (Å²) >= 11 is 0. The van der Waals surface area contributed by atoms with Crippen molar-refractivity contribution in [3.63, 3.8) is 0 Å². The molecule has 3 heterocycles. The highest BCUT2D eigenvalue weighted by Gasteiger charge is 2.15. The van der Waals surface area contributed by atoms with Gasteiger partial charge >= 0.3 is 0 Å². The van der Waals surface area contributed by atoms with Gasteiger partial charge in [-0.1, -0.05) is 6.07 Å². The van der Waals surface area contributed by atoms with E-state index in [4.69, 9.17) is 4.74 Å². The van der Waals surface area contributed by atoms with Crippen molar-refractivity contribution in [2.24, 2.45) is 0 Å². The molecule has 3 rings (SSSR count). The van der Waals surface area contributed by atoms with Gasteiger partial charge in [-0.2, -0.15) is 0 Å². The average Bonchev–Trinajstić information content (AvgIpc) is 2.63. The third-order valence-corrected chi connectivity index (χ3v) is 4.46. The van der Waals surface area contributed by atoms with Gasteiger partial charge in [0.1, 0.15) is 11.5 Å². The van der Waals surface area contributed by atoms with Crippen LogP contribution in [0.15, 0.2) is 18.2 Å². The second kappa shape index (κ2) is 8.26. The fourth-order valence-corrected chi connectivity index (χ4v) is 3.09. The van der Waals surface area contributed by atoms with Gasteiger partial charge in [-0.25, -0.2) is 4.98 Å². The average molecular weight is 318 g/mol. The highest BCUT2D eigenvalue weighted by atomic mass is 16.5. The van der Waals surface area contributed by atoms with Crippen LogP contribution in [0.3, 0.4) is 0 Å². The van der Waals surface area contributed by atoms with Gasteiger partial charge in [0.15, 0.2) is 0 Å². The molecule has 1 amide bonds. The quantitative estimate of drug-likeness (QED) is 0.882. The molecule has 2 fully saturated rings. The molecule has 0 aromatic carbocycles. The molecule has 0 unspecified atom stereocenters. The second-order valence-electron chi connectivity index (χ2n) is 6.14. The van der Waals surface area contributed by atoms with Gasteiger partial charge in [0.05, 0.1) is 13.2 Å². The number of amides is 1. The number of nitrogens with one attached hydrogen (secondary N) is 1. The Kier molecular flexibility index (Phi) is 5.82. The maximum absolute atomic E-state index is 12.3. The van der Waals surface area contributed by atoms with E-state index in [1.807, 2.05) is 12.1 Å². The Hall–Kier alpha value is -1.66. The van der Waals surface area contributed by atoms with Gasteiger partial charge in [0.2, 0.25) is 0 Å². The molecule has 2 aliphatic heterocycles. The smallest absolute Gasteiger partial charge is 0.270 e. The molecule has 1 aromatic rings. The lowest BCUT2D eigenvalue weighted by molar-refractivity contribution is 0.0383. The molecule has 0 atom stereocenters. The third kappa shape index (κ3) is 4.65. The molecule has 126 valence electrons. The number of pyridine rings is 1. The van der Waals surface area contributed by atoms with E-state index in [1.54, 1.807) is 6.07 Å². The Morgan fingerprint density at radius 3 is 2.70 bits per heavy atom. The molecule has 6 heteroatoms. The number of carbonyl (C=O) groups excluding carboxylic acids is 1. The monoisotopic (exact) mass is 318 g/mol. The lowest BCUT2D eigenvalue weighted by Crippen LogP contribution is -2.41. The number of nitrogens with zero attached hydrogens (tertiary/aromatic N) is 3. The van der Waals surface area contributed by atoms with Crippen molar-refractivity contribution in [3.8, 4) is 0 Å². The van der Waals surface area contributed by atoms with Crippen molar-refractivity contribution >= 4 is 11.7 Å². The normalized spacial score (nSPS) is 19.6. The van der Waals surface area contributed by atoms with Crippen molar-refractivity contribution in [1.29, 1.82) is 0 Å². The molecule has 1 aromatic heterocycles. The van der Waals surface area contributed by atoms with Crippen molar-refractivity contribution in [1.82, 2.24) is 15.2 Å². The molecule has 2 aliphatic rings. The number of carbonyl (C=O) groups is 1. The number of hydrogen-bond donors (Lipinski definition) is 1. The molecule has 0 spiro atoms. The topological polar surface area (TPSA) is 57.7 Å². The van der Waals surface area contributed by atoms with E-state index in [0.29, 0.717) is 12.2 Å². The van der Waals surface area contributed by atoms with Crippen LogP contribution in [-0.4, -0.2) is 68.3 Å². The molecule has 2 saturated heterocycles. The van der Waals surface area contributed by atoms with Gasteiger partial charge < -0.3 is 15.0 Å². The van der Waals surface area contributed by atoms with E-state index < -0.39 is 0 Å². The van der Waals surface area contributed by atoms with Gasteiger partial charge in [-0.15, -0.1) is 0 Å². The van der Waals surface area contributed by atoms with Crippen LogP contribution < -0.4 is 10.2 Å². The lowest BCUT2D eigenvalue weighted by Gasteiger charge is -2.28. The maximum atomic E-state index is 12.3. The van der Waals surface area contributed by atoms with E-state index in [0.717, 1.165) is 51.8 Å². The van der Waals surface area contributed by atoms with E-state index in [-0.39, 0.29) is 5.91 Å². The number of aromatic nitrogens is 1. The number of morpholine rings is 1. The molecule has 1 N–H and O–H groups in total. The zero-order valence-electron chi connectivity index (χ0n) is 13.7. The summed E-state index contributed by atoms with van der Waals surface area (Å²) in [6.07, 6.45) is 3.70. The second-order valence-corrected chi connectivity index (χ2v) is 6.14. The zero-order chi connectivity index (χ0) is 15.9. The Balaban J connectivity index is 1.50. The highest BCUT2D eigenvalue weighted by Crippen LogP contribution is 2.17. The van der Waals surface area contributed by atoms with Gasteiger partial charge in [-0.3, -0.25) is 9.69 Å². The first-order valence-electron chi connectivity index (χ1n) is 8.63. The predicted octanol–water partition coefficient (Wildman–Crippen LogP) is 1.13. The minimum atomic E-state index is -0.0860. The Bertz CT molecular complexity index is 511. The summed E-state index contributed by atoms with van der Waals surface area (Å²) in [5.74, 6) is 0.836. The van der Waals surface area contributed by atoms with Crippen molar-refractivity contribution < 1.29 is 9.53 Å². The standard InChI is InChI=1S/C17H26N4O2/c22-17(18-7-10-20-11-13-23-14-12-20)15-5-4-6-16(19-15)21-8-2-1-3-9-21/h4-6H,1-3,7-14H2,(H,18,22). The van der Waals surface area contributed by atoms with Crippen LogP contribution in [0.1, 0.15) is 29.8 Å². The molecular formula is C17H26N4O2. The van der Waals surface area contributed by atoms with Gasteiger partial charge in [0.25, 0.3) is 5.91 Å². The minimum Gasteiger partial charge on any atom is -0.379 e. The Morgan fingerprint density at radius 1 is 1.13 bits per heavy atom. The first kappa shape index (κ1) is 16.2. The van der Waals surface area contributed by atoms with Crippen LogP contribution in [0.5, 0.6) is 0 Å². The van der Waals surface area contributed by atoms with E-state index in [2.05, 4.69) is 20.1 Å². The predicted molar refractivity (Wildman–Crippen MR) is 89.9 cm³/mol. The van der Waals surface area contributed by atoms with Crippen molar-refractivity contribution in [2.75, 3.05) is 57.4 Å². The summed E-state index contributed by atoms with van der Waals surface area (Å²) in [6.45, 7) is 7.04. The van der Waals surface area contributed by atoms with Crippen molar-refractivity contribution in [2.45, 2.75) is 19.3 Å². The summed E-state index contributed by atoms with van der Waals surface area (Å²) in [6, 6.07) is 5.71. The fraction of sp³-hybridized carbons (Fsp3) is 0.647. The zero-order valence-corrected chi connectivity index (χ0v) is 13.7. The Labute approximate surface area is 137 Å². The van der Waals surface area contributed by atoms with Crippen LogP contribution in [0.4, 0.5) is 5.82 Å². The maximum Gasteiger partial charge on any atom is 0.270 e. The van der Waals surface area contributed by atoms with Crippen LogP contribution in [0.2, 0.25) is 0 Å². The van der Waals surface area contributed by atoms with Gasteiger partial charge in [0, 0.05) is 39.3 Å². The van der Waals surface area contributed by atoms with Gasteiger partial charge in [-0.05, 0) is 31.4 Å². The fourth-order valence-electron chi connectivity index (χ4n) is 3.09. The first-order chi connectivity index (χ1) is 11.3. The van der Waals surface area contributed by atoms with E-state index in [1.165, 1.54) is 19.3 Å². The summed E-state index contributed by atoms with van der Waals surface area (Å²) in [7, 11) is 0. The molecule has 6 nitrogen and oxygen atoms in total. The SMILES string of the molecule is O=C(NCCN1CCOCC1)c1cccc(N2CCCCC2)n1. The summed E-state index contributed by atoms with van der Waals surface area (Å²) < 4.78 is 5.32. The van der Waals surface area contributed by atoms with Crippen LogP contribution in [-0.2, 0) is 4.74 Å². The Morgan fingerprint density at radius 2 is 1.91 bits per heavy atom. The van der Waals surface area contributed by atoms with Crippen LogP contribution in [0.25, 0.3) is 0 Å². The number of hydrogen-bond acceptors (Lipinski definition) is 5. The summed E-state index contributed by atoms with van der Waals surface area (Å²) in [5.41, 5.74) is 0.509. The number of rotatable bonds is 5. The molecule has 0 aliphatic carbocycles. The molecule has 0 saturated carbocycles. The molecule has 23 heavy (non-hydrogen) atoms. The van der Waals surface area contributed by atoms with Crippen LogP contribution >= 0.6 is 0 Å². The van der Waals surface area contributed by atoms with E-state index in [9.17, 15) is 4.79 Å².